The quantitative estimate of drug-likeness (QED) is 0.811. The van der Waals surface area contributed by atoms with Crippen molar-refractivity contribution in [1.29, 1.82) is 0 Å². The van der Waals surface area contributed by atoms with Crippen molar-refractivity contribution in [2.45, 2.75) is 6.04 Å². The van der Waals surface area contributed by atoms with Gasteiger partial charge < -0.3 is 19.5 Å². The van der Waals surface area contributed by atoms with E-state index in [-0.39, 0.29) is 30.9 Å². The standard InChI is InChI=1S/C14H15NO6/c1-20-14(19)11-8-21-7-6-15(11)12(16)9-4-2-3-5-10(9)13(17)18/h2-5,11H,6-8H2,1H3,(H,17,18). The Balaban J connectivity index is 2.33. The number of esters is 1. The minimum Gasteiger partial charge on any atom is -0.478 e. The average molecular weight is 293 g/mol. The zero-order valence-electron chi connectivity index (χ0n) is 11.4. The molecule has 7 nitrogen and oxygen atoms in total. The van der Waals surface area contributed by atoms with Gasteiger partial charge in [-0.15, -0.1) is 0 Å². The van der Waals surface area contributed by atoms with Gasteiger partial charge in [-0.3, -0.25) is 4.79 Å². The van der Waals surface area contributed by atoms with Crippen molar-refractivity contribution in [3.05, 3.63) is 35.4 Å². The lowest BCUT2D eigenvalue weighted by molar-refractivity contribution is -0.151. The minimum absolute atomic E-state index is 0.0354. The van der Waals surface area contributed by atoms with Gasteiger partial charge in [0.2, 0.25) is 0 Å². The summed E-state index contributed by atoms with van der Waals surface area (Å²) in [5, 5.41) is 9.15. The van der Waals surface area contributed by atoms with Gasteiger partial charge >= 0.3 is 11.9 Å². The molecule has 21 heavy (non-hydrogen) atoms. The number of aromatic carboxylic acids is 1. The topological polar surface area (TPSA) is 93.1 Å². The normalized spacial score (nSPS) is 18.1. The van der Waals surface area contributed by atoms with Crippen LogP contribution < -0.4 is 0 Å². The predicted octanol–water partition coefficient (Wildman–Crippen LogP) is 0.399. The Morgan fingerprint density at radius 3 is 2.57 bits per heavy atom. The fourth-order valence-electron chi connectivity index (χ4n) is 2.19. The maximum atomic E-state index is 12.6. The van der Waals surface area contributed by atoms with Crippen LogP contribution in [-0.4, -0.2) is 60.8 Å². The average Bonchev–Trinajstić information content (AvgIpc) is 2.53. The summed E-state index contributed by atoms with van der Waals surface area (Å²) in [4.78, 5) is 36.8. The summed E-state index contributed by atoms with van der Waals surface area (Å²) in [6.45, 7) is 0.522. The number of morpholine rings is 1. The molecule has 1 N–H and O–H groups in total. The molecule has 1 unspecified atom stereocenters. The van der Waals surface area contributed by atoms with Crippen molar-refractivity contribution < 1.29 is 29.0 Å². The van der Waals surface area contributed by atoms with Gasteiger partial charge in [-0.05, 0) is 12.1 Å². The number of carboxylic acid groups (broad SMARTS) is 1. The Morgan fingerprint density at radius 1 is 1.29 bits per heavy atom. The highest BCUT2D eigenvalue weighted by molar-refractivity contribution is 6.05. The van der Waals surface area contributed by atoms with Crippen LogP contribution in [-0.2, 0) is 14.3 Å². The van der Waals surface area contributed by atoms with E-state index in [2.05, 4.69) is 4.74 Å². The molecule has 0 saturated carbocycles. The van der Waals surface area contributed by atoms with Crippen molar-refractivity contribution >= 4 is 17.8 Å². The van der Waals surface area contributed by atoms with E-state index in [1.165, 1.54) is 30.2 Å². The Kier molecular flexibility index (Phi) is 4.54. The summed E-state index contributed by atoms with van der Waals surface area (Å²) in [6.07, 6.45) is 0. The second kappa shape index (κ2) is 6.36. The van der Waals surface area contributed by atoms with Gasteiger partial charge in [0.05, 0.1) is 31.5 Å². The molecule has 0 bridgehead atoms. The van der Waals surface area contributed by atoms with E-state index in [9.17, 15) is 14.4 Å². The van der Waals surface area contributed by atoms with Crippen molar-refractivity contribution in [2.75, 3.05) is 26.9 Å². The van der Waals surface area contributed by atoms with Gasteiger partial charge in [0, 0.05) is 6.54 Å². The molecule has 1 aromatic carbocycles. The monoisotopic (exact) mass is 293 g/mol. The van der Waals surface area contributed by atoms with Crippen molar-refractivity contribution in [1.82, 2.24) is 4.90 Å². The Labute approximate surface area is 121 Å². The van der Waals surface area contributed by atoms with E-state index in [0.29, 0.717) is 0 Å². The molecule has 2 rings (SSSR count). The Bertz CT molecular complexity index is 570. The number of rotatable bonds is 3. The number of carbonyl (C=O) groups excluding carboxylic acids is 2. The van der Waals surface area contributed by atoms with Crippen LogP contribution in [0.25, 0.3) is 0 Å². The lowest BCUT2D eigenvalue weighted by atomic mass is 10.0. The molecule has 112 valence electrons. The molecule has 1 saturated heterocycles. The lowest BCUT2D eigenvalue weighted by Gasteiger charge is -2.33. The van der Waals surface area contributed by atoms with Crippen molar-refractivity contribution in [3.8, 4) is 0 Å². The second-order valence-electron chi connectivity index (χ2n) is 4.46. The van der Waals surface area contributed by atoms with Crippen LogP contribution in [0, 0.1) is 0 Å². The van der Waals surface area contributed by atoms with Crippen LogP contribution >= 0.6 is 0 Å². The second-order valence-corrected chi connectivity index (χ2v) is 4.46. The number of amides is 1. The summed E-state index contributed by atoms with van der Waals surface area (Å²) < 4.78 is 9.84. The number of carboxylic acids is 1. The maximum Gasteiger partial charge on any atom is 0.336 e. The number of nitrogens with zero attached hydrogens (tertiary/aromatic N) is 1. The number of hydrogen-bond donors (Lipinski definition) is 1. The molecule has 1 aliphatic heterocycles. The third-order valence-corrected chi connectivity index (χ3v) is 3.25. The molecule has 0 radical (unpaired) electrons. The van der Waals surface area contributed by atoms with E-state index < -0.39 is 23.9 Å². The predicted molar refractivity (Wildman–Crippen MR) is 71.1 cm³/mol. The third-order valence-electron chi connectivity index (χ3n) is 3.25. The minimum atomic E-state index is -1.19. The lowest BCUT2D eigenvalue weighted by Crippen LogP contribution is -2.53. The SMILES string of the molecule is COC(=O)C1COCCN1C(=O)c1ccccc1C(=O)O. The van der Waals surface area contributed by atoms with Crippen molar-refractivity contribution in [2.24, 2.45) is 0 Å². The van der Waals surface area contributed by atoms with Gasteiger partial charge in [-0.1, -0.05) is 12.1 Å². The summed E-state index contributed by atoms with van der Waals surface area (Å²) in [7, 11) is 1.23. The van der Waals surface area contributed by atoms with Gasteiger partial charge in [0.1, 0.15) is 0 Å². The highest BCUT2D eigenvalue weighted by Gasteiger charge is 2.35. The third kappa shape index (κ3) is 3.03. The van der Waals surface area contributed by atoms with Crippen LogP contribution in [0.1, 0.15) is 20.7 Å². The first-order valence-electron chi connectivity index (χ1n) is 6.35. The summed E-state index contributed by atoms with van der Waals surface area (Å²) >= 11 is 0. The smallest absolute Gasteiger partial charge is 0.336 e. The van der Waals surface area contributed by atoms with Gasteiger partial charge in [0.25, 0.3) is 5.91 Å². The van der Waals surface area contributed by atoms with Crippen LogP contribution in [0.2, 0.25) is 0 Å². The van der Waals surface area contributed by atoms with Crippen molar-refractivity contribution in [3.63, 3.8) is 0 Å². The first-order valence-corrected chi connectivity index (χ1v) is 6.35. The summed E-state index contributed by atoms with van der Waals surface area (Å²) in [6, 6.07) is 5.03. The highest BCUT2D eigenvalue weighted by atomic mass is 16.5. The van der Waals surface area contributed by atoms with Crippen LogP contribution in [0.3, 0.4) is 0 Å². The molecular formula is C14H15NO6. The molecular weight excluding hydrogens is 278 g/mol. The molecule has 1 heterocycles. The molecule has 0 aliphatic carbocycles. The number of hydrogen-bond acceptors (Lipinski definition) is 5. The van der Waals surface area contributed by atoms with E-state index in [4.69, 9.17) is 9.84 Å². The molecule has 1 fully saturated rings. The zero-order chi connectivity index (χ0) is 15.4. The summed E-state index contributed by atoms with van der Waals surface area (Å²) in [5.74, 6) is -2.30. The largest absolute Gasteiger partial charge is 0.478 e. The van der Waals surface area contributed by atoms with E-state index in [1.54, 1.807) is 6.07 Å². The maximum absolute atomic E-state index is 12.6. The first-order chi connectivity index (χ1) is 10.1. The van der Waals surface area contributed by atoms with E-state index in [0.717, 1.165) is 0 Å². The van der Waals surface area contributed by atoms with Crippen LogP contribution in [0.4, 0.5) is 0 Å². The molecule has 0 spiro atoms. The number of methoxy groups -OCH3 is 1. The van der Waals surface area contributed by atoms with E-state index >= 15 is 0 Å². The fourth-order valence-corrected chi connectivity index (χ4v) is 2.19. The molecule has 1 amide bonds. The molecule has 1 atom stereocenters. The van der Waals surface area contributed by atoms with Gasteiger partial charge in [-0.25, -0.2) is 9.59 Å². The van der Waals surface area contributed by atoms with Crippen LogP contribution in [0.5, 0.6) is 0 Å². The Morgan fingerprint density at radius 2 is 1.95 bits per heavy atom. The first kappa shape index (κ1) is 15.0. The fraction of sp³-hybridized carbons (Fsp3) is 0.357. The number of ether oxygens (including phenoxy) is 2. The summed E-state index contributed by atoms with van der Waals surface area (Å²) in [5.41, 5.74) is -0.0570. The van der Waals surface area contributed by atoms with Crippen LogP contribution in [0.15, 0.2) is 24.3 Å². The Hall–Kier alpha value is -2.41. The molecule has 1 aliphatic rings. The van der Waals surface area contributed by atoms with Gasteiger partial charge in [0.15, 0.2) is 6.04 Å². The molecule has 0 aromatic heterocycles. The zero-order valence-corrected chi connectivity index (χ0v) is 11.4. The van der Waals surface area contributed by atoms with E-state index in [1.807, 2.05) is 0 Å². The molecule has 1 aromatic rings. The number of benzene rings is 1. The van der Waals surface area contributed by atoms with Gasteiger partial charge in [-0.2, -0.15) is 0 Å². The highest BCUT2D eigenvalue weighted by Crippen LogP contribution is 2.17. The number of carbonyl (C=O) groups is 3. The molecule has 7 heteroatoms.